The maximum Gasteiger partial charge on any atom is 0.368 e. The molecular weight excluding hydrogens is 528 g/mol. The van der Waals surface area contributed by atoms with Crippen LogP contribution in [0.1, 0.15) is 47.6 Å². The van der Waals surface area contributed by atoms with Gasteiger partial charge in [-0.2, -0.15) is 5.10 Å². The third-order valence-corrected chi connectivity index (χ3v) is 7.67. The Labute approximate surface area is 216 Å². The van der Waals surface area contributed by atoms with E-state index in [0.717, 1.165) is 29.1 Å². The molecule has 172 valence electrons. The minimum atomic E-state index is -0.893. The summed E-state index contributed by atoms with van der Waals surface area (Å²) < 4.78 is 1.91. The first-order valence-corrected chi connectivity index (χ1v) is 11.8. The molecule has 10 heteroatoms. The van der Waals surface area contributed by atoms with E-state index in [1.807, 2.05) is 41.9 Å². The summed E-state index contributed by atoms with van der Waals surface area (Å²) in [4.78, 5) is 18.1. The van der Waals surface area contributed by atoms with E-state index >= 15 is 0 Å². The van der Waals surface area contributed by atoms with Crippen molar-refractivity contribution in [3.05, 3.63) is 78.0 Å². The normalized spacial score (nSPS) is 16.1. The molecule has 33 heavy (non-hydrogen) atoms. The molecule has 0 radical (unpaired) electrons. The molecule has 0 unspecified atom stereocenters. The summed E-state index contributed by atoms with van der Waals surface area (Å²) in [6.45, 7) is 6.15. The Morgan fingerprint density at radius 3 is 2.15 bits per heavy atom. The number of halogens is 5. The fourth-order valence-corrected chi connectivity index (χ4v) is 5.25. The van der Waals surface area contributed by atoms with Gasteiger partial charge in [0.2, 0.25) is 0 Å². The highest BCUT2D eigenvalue weighted by Crippen LogP contribution is 2.44. The number of carbonyl (C=O) groups excluding carboxylic acids is 1. The highest BCUT2D eigenvalue weighted by molar-refractivity contribution is 6.56. The van der Waals surface area contributed by atoms with Crippen LogP contribution in [-0.4, -0.2) is 21.5 Å². The first-order valence-electron chi connectivity index (χ1n) is 9.96. The number of carbonyl (C=O) groups is 1. The van der Waals surface area contributed by atoms with Gasteiger partial charge in [0, 0.05) is 5.56 Å². The molecule has 0 fully saturated rings. The minimum Gasteiger partial charge on any atom is -0.312 e. The molecule has 0 saturated heterocycles. The van der Waals surface area contributed by atoms with Crippen molar-refractivity contribution in [1.82, 2.24) is 9.78 Å². The monoisotopic (exact) mass is 543 g/mol. The van der Waals surface area contributed by atoms with Gasteiger partial charge in [0.1, 0.15) is 5.56 Å². The zero-order chi connectivity index (χ0) is 24.1. The average Bonchev–Trinajstić information content (AvgIpc) is 3.10. The number of rotatable bonds is 3. The quantitative estimate of drug-likeness (QED) is 0.145. The lowest BCUT2D eigenvalue weighted by molar-refractivity contribution is 0.0514. The summed E-state index contributed by atoms with van der Waals surface area (Å²) in [5.41, 5.74) is 3.85. The van der Waals surface area contributed by atoms with Crippen LogP contribution in [0.5, 0.6) is 0 Å². The van der Waals surface area contributed by atoms with Gasteiger partial charge in [-0.05, 0) is 37.3 Å². The molecule has 0 saturated carbocycles. The third-order valence-electron chi connectivity index (χ3n) is 5.39. The van der Waals surface area contributed by atoms with E-state index in [0.29, 0.717) is 12.1 Å². The number of hydrogen-bond donors (Lipinski definition) is 0. The lowest BCUT2D eigenvalue weighted by Crippen LogP contribution is -2.29. The maximum atomic E-state index is 12.9. The van der Waals surface area contributed by atoms with Crippen LogP contribution in [0.3, 0.4) is 0 Å². The molecule has 2 aromatic carbocycles. The van der Waals surface area contributed by atoms with E-state index in [2.05, 4.69) is 19.0 Å². The molecule has 1 aliphatic carbocycles. The van der Waals surface area contributed by atoms with Crippen LogP contribution in [0.2, 0.25) is 25.1 Å². The number of aromatic nitrogens is 2. The van der Waals surface area contributed by atoms with Crippen molar-refractivity contribution in [3.63, 3.8) is 0 Å². The molecule has 0 aliphatic heterocycles. The first kappa shape index (κ1) is 24.4. The lowest BCUT2D eigenvalue weighted by Gasteiger charge is -2.30. The first-order chi connectivity index (χ1) is 15.5. The van der Waals surface area contributed by atoms with Crippen molar-refractivity contribution < 1.29 is 9.63 Å². The van der Waals surface area contributed by atoms with Crippen molar-refractivity contribution in [2.24, 2.45) is 10.6 Å². The molecule has 0 atom stereocenters. The number of fused-ring (bicyclic) bond motifs is 1. The van der Waals surface area contributed by atoms with Crippen LogP contribution < -0.4 is 0 Å². The smallest absolute Gasteiger partial charge is 0.312 e. The second-order valence-corrected chi connectivity index (χ2v) is 10.4. The van der Waals surface area contributed by atoms with Gasteiger partial charge in [0.05, 0.1) is 47.9 Å². The van der Waals surface area contributed by atoms with Gasteiger partial charge in [-0.3, -0.25) is 0 Å². The largest absolute Gasteiger partial charge is 0.368 e. The van der Waals surface area contributed by atoms with Crippen LogP contribution in [0.15, 0.2) is 35.5 Å². The van der Waals surface area contributed by atoms with Crippen molar-refractivity contribution in [3.8, 4) is 5.69 Å². The standard InChI is InChI=1S/C23H18Cl5N3O2/c1-11-15-13(30-33-22(32)16-17(24)19(26)21(28)20(27)18(16)25)9-23(2,3)10-14(15)31(29-11)12-7-5-4-6-8-12/h4-8H,9-10H2,1-3H3/b30-13+. The van der Waals surface area contributed by atoms with Gasteiger partial charge in [0.15, 0.2) is 0 Å². The van der Waals surface area contributed by atoms with Gasteiger partial charge in [-0.25, -0.2) is 9.48 Å². The summed E-state index contributed by atoms with van der Waals surface area (Å²) in [5.74, 6) is -0.893. The Balaban J connectivity index is 1.76. The Bertz CT molecular complexity index is 1270. The van der Waals surface area contributed by atoms with E-state index in [1.165, 1.54) is 0 Å². The Morgan fingerprint density at radius 2 is 1.55 bits per heavy atom. The Hall–Kier alpha value is -1.76. The van der Waals surface area contributed by atoms with Crippen LogP contribution in [0.4, 0.5) is 0 Å². The topological polar surface area (TPSA) is 56.5 Å². The second-order valence-electron chi connectivity index (χ2n) is 8.53. The van der Waals surface area contributed by atoms with Crippen LogP contribution in [-0.2, 0) is 11.3 Å². The summed E-state index contributed by atoms with van der Waals surface area (Å²) in [6.07, 6.45) is 1.36. The zero-order valence-electron chi connectivity index (χ0n) is 17.8. The molecule has 3 aromatic rings. The summed E-state index contributed by atoms with van der Waals surface area (Å²) in [5, 5.41) is 8.40. The maximum absolute atomic E-state index is 12.9. The number of oxime groups is 1. The molecule has 1 aliphatic rings. The molecule has 0 spiro atoms. The zero-order valence-corrected chi connectivity index (χ0v) is 21.6. The molecule has 4 rings (SSSR count). The highest BCUT2D eigenvalue weighted by Gasteiger charge is 2.35. The number of aryl methyl sites for hydroxylation is 1. The minimum absolute atomic E-state index is 0.0428. The van der Waals surface area contributed by atoms with Crippen LogP contribution in [0.25, 0.3) is 5.69 Å². The third kappa shape index (κ3) is 4.50. The highest BCUT2D eigenvalue weighted by atomic mass is 35.5. The second kappa shape index (κ2) is 9.12. The summed E-state index contributed by atoms with van der Waals surface area (Å²) in [6, 6.07) is 9.85. The van der Waals surface area contributed by atoms with Crippen molar-refractivity contribution >= 4 is 69.7 Å². The van der Waals surface area contributed by atoms with Crippen LogP contribution in [0, 0.1) is 12.3 Å². The molecule has 0 N–H and O–H groups in total. The molecule has 1 aromatic heterocycles. The molecule has 5 nitrogen and oxygen atoms in total. The van der Waals surface area contributed by atoms with E-state index in [9.17, 15) is 4.79 Å². The van der Waals surface area contributed by atoms with Gasteiger partial charge in [-0.1, -0.05) is 95.2 Å². The predicted octanol–water partition coefficient (Wildman–Crippen LogP) is 7.98. The molecule has 0 amide bonds. The summed E-state index contributed by atoms with van der Waals surface area (Å²) >= 11 is 30.5. The summed E-state index contributed by atoms with van der Waals surface area (Å²) in [7, 11) is 0. The van der Waals surface area contributed by atoms with Crippen molar-refractivity contribution in [2.45, 2.75) is 33.6 Å². The Kier molecular flexibility index (Phi) is 6.74. The molecular formula is C23H18Cl5N3O2. The van der Waals surface area contributed by atoms with Crippen LogP contribution >= 0.6 is 58.0 Å². The SMILES string of the molecule is Cc1nn(-c2ccccc2)c2c1/C(=N/OC(=O)c1c(Cl)c(Cl)c(Cl)c(Cl)c1Cl)CC(C)(C)C2. The fraction of sp³-hybridized carbons (Fsp3) is 0.261. The van der Waals surface area contributed by atoms with Crippen molar-refractivity contribution in [2.75, 3.05) is 0 Å². The van der Waals surface area contributed by atoms with Crippen molar-refractivity contribution in [1.29, 1.82) is 0 Å². The van der Waals surface area contributed by atoms with Gasteiger partial charge in [0.25, 0.3) is 0 Å². The Morgan fingerprint density at radius 1 is 0.970 bits per heavy atom. The average molecular weight is 546 g/mol. The van der Waals surface area contributed by atoms with Gasteiger partial charge < -0.3 is 4.84 Å². The van der Waals surface area contributed by atoms with E-state index in [4.69, 9.17) is 67.9 Å². The predicted molar refractivity (Wildman–Crippen MR) is 134 cm³/mol. The molecule has 1 heterocycles. The fourth-order valence-electron chi connectivity index (χ4n) is 3.96. The van der Waals surface area contributed by atoms with E-state index in [-0.39, 0.29) is 36.1 Å². The number of nitrogens with zero attached hydrogens (tertiary/aromatic N) is 3. The number of para-hydroxylation sites is 1. The van der Waals surface area contributed by atoms with E-state index in [1.54, 1.807) is 0 Å². The molecule has 0 bridgehead atoms. The number of hydrogen-bond acceptors (Lipinski definition) is 4. The van der Waals surface area contributed by atoms with Gasteiger partial charge in [-0.15, -0.1) is 0 Å². The number of benzene rings is 2. The van der Waals surface area contributed by atoms with Gasteiger partial charge >= 0.3 is 5.97 Å². The van der Waals surface area contributed by atoms with E-state index < -0.39 is 5.97 Å². The lowest BCUT2D eigenvalue weighted by atomic mass is 9.75.